The molecule has 0 saturated carbocycles. The van der Waals surface area contributed by atoms with Gasteiger partial charge in [-0.25, -0.2) is 4.98 Å². The van der Waals surface area contributed by atoms with Crippen molar-refractivity contribution in [2.75, 3.05) is 0 Å². The molecule has 2 nitrogen and oxygen atoms in total. The molecule has 0 atom stereocenters. The largest absolute Gasteiger partial charge is 0.293 e. The zero-order valence-electron chi connectivity index (χ0n) is 11.2. The molecule has 1 aromatic carbocycles. The van der Waals surface area contributed by atoms with Gasteiger partial charge in [0, 0.05) is 6.42 Å². The first kappa shape index (κ1) is 13.0. The van der Waals surface area contributed by atoms with E-state index in [1.165, 1.54) is 28.0 Å². The fraction of sp³-hybridized carbons (Fsp3) is 0.333. The molecule has 2 rings (SSSR count). The van der Waals surface area contributed by atoms with E-state index in [1.54, 1.807) is 5.51 Å². The second-order valence-electron chi connectivity index (χ2n) is 4.74. The van der Waals surface area contributed by atoms with Crippen LogP contribution in [0.3, 0.4) is 0 Å². The molecule has 0 aliphatic heterocycles. The van der Waals surface area contributed by atoms with Crippen molar-refractivity contribution in [2.24, 2.45) is 0 Å². The number of aromatic nitrogens is 1. The van der Waals surface area contributed by atoms with Gasteiger partial charge in [-0.05, 0) is 44.4 Å². The van der Waals surface area contributed by atoms with Gasteiger partial charge >= 0.3 is 0 Å². The Bertz CT molecular complexity index is 575. The van der Waals surface area contributed by atoms with E-state index in [-0.39, 0.29) is 5.78 Å². The van der Waals surface area contributed by atoms with Crippen LogP contribution in [0.15, 0.2) is 17.6 Å². The van der Waals surface area contributed by atoms with Crippen LogP contribution in [0.4, 0.5) is 0 Å². The maximum atomic E-state index is 12.3. The highest BCUT2D eigenvalue weighted by molar-refractivity contribution is 7.11. The molecular weight excluding hydrogens is 242 g/mol. The summed E-state index contributed by atoms with van der Waals surface area (Å²) in [5.74, 6) is 0.171. The molecule has 0 bridgehead atoms. The number of aryl methyl sites for hydroxylation is 4. The van der Waals surface area contributed by atoms with E-state index in [0.717, 1.165) is 16.1 Å². The molecule has 1 aromatic heterocycles. The number of hydrogen-bond donors (Lipinski definition) is 0. The van der Waals surface area contributed by atoms with Gasteiger partial charge in [0.2, 0.25) is 0 Å². The van der Waals surface area contributed by atoms with E-state index in [4.69, 9.17) is 0 Å². The Morgan fingerprint density at radius 3 is 2.28 bits per heavy atom. The minimum atomic E-state index is 0.171. The van der Waals surface area contributed by atoms with Crippen molar-refractivity contribution in [1.82, 2.24) is 4.98 Å². The molecule has 2 aromatic rings. The molecule has 0 radical (unpaired) electrons. The molecular formula is C15H17NOS. The molecule has 94 valence electrons. The minimum Gasteiger partial charge on any atom is -0.293 e. The molecule has 1 heterocycles. The van der Waals surface area contributed by atoms with Gasteiger partial charge in [0.15, 0.2) is 5.78 Å². The monoisotopic (exact) mass is 259 g/mol. The zero-order valence-corrected chi connectivity index (χ0v) is 12.0. The first-order chi connectivity index (χ1) is 8.49. The lowest BCUT2D eigenvalue weighted by atomic mass is 9.95. The van der Waals surface area contributed by atoms with Crippen molar-refractivity contribution in [1.29, 1.82) is 0 Å². The van der Waals surface area contributed by atoms with Crippen molar-refractivity contribution >= 4 is 17.1 Å². The van der Waals surface area contributed by atoms with Gasteiger partial charge in [0.1, 0.15) is 0 Å². The van der Waals surface area contributed by atoms with E-state index >= 15 is 0 Å². The van der Waals surface area contributed by atoms with Gasteiger partial charge in [-0.15, -0.1) is 11.3 Å². The van der Waals surface area contributed by atoms with E-state index < -0.39 is 0 Å². The lowest BCUT2D eigenvalue weighted by molar-refractivity contribution is 0.0995. The second kappa shape index (κ2) is 5.02. The molecule has 3 heteroatoms. The smallest absolute Gasteiger partial charge is 0.179 e. The number of ketones is 1. The summed E-state index contributed by atoms with van der Waals surface area (Å²) in [5.41, 5.74) is 7.37. The molecule has 18 heavy (non-hydrogen) atoms. The maximum Gasteiger partial charge on any atom is 0.179 e. The van der Waals surface area contributed by atoms with Crippen LogP contribution in [0.2, 0.25) is 0 Å². The Kier molecular flexibility index (Phi) is 3.62. The first-order valence-corrected chi connectivity index (χ1v) is 6.87. The summed E-state index contributed by atoms with van der Waals surface area (Å²) < 4.78 is 0. The number of benzene rings is 1. The van der Waals surface area contributed by atoms with Crippen molar-refractivity contribution in [3.8, 4) is 0 Å². The Hall–Kier alpha value is -1.48. The van der Waals surface area contributed by atoms with Crippen LogP contribution in [0, 0.1) is 27.7 Å². The quantitative estimate of drug-likeness (QED) is 0.785. The number of nitrogens with zero attached hydrogens (tertiary/aromatic N) is 1. The molecule has 0 unspecified atom stereocenters. The van der Waals surface area contributed by atoms with Crippen LogP contribution in [0.5, 0.6) is 0 Å². The van der Waals surface area contributed by atoms with Crippen molar-refractivity contribution < 1.29 is 4.79 Å². The fourth-order valence-corrected chi connectivity index (χ4v) is 3.04. The maximum absolute atomic E-state index is 12.3. The van der Waals surface area contributed by atoms with E-state index in [0.29, 0.717) is 6.42 Å². The molecule has 0 saturated heterocycles. The molecule has 0 spiro atoms. The topological polar surface area (TPSA) is 30.0 Å². The number of Topliss-reactive ketones (excluding diaryl/α,β-unsaturated/α-hetero) is 1. The predicted octanol–water partition coefficient (Wildman–Crippen LogP) is 3.80. The van der Waals surface area contributed by atoms with Crippen LogP contribution < -0.4 is 0 Å². The average molecular weight is 259 g/mol. The van der Waals surface area contributed by atoms with Crippen molar-refractivity contribution in [3.05, 3.63) is 50.5 Å². The van der Waals surface area contributed by atoms with Crippen LogP contribution in [0.25, 0.3) is 0 Å². The van der Waals surface area contributed by atoms with Gasteiger partial charge in [-0.3, -0.25) is 4.79 Å². The van der Waals surface area contributed by atoms with Crippen molar-refractivity contribution in [3.63, 3.8) is 0 Å². The van der Waals surface area contributed by atoms with Crippen LogP contribution in [-0.2, 0) is 6.42 Å². The third kappa shape index (κ3) is 2.51. The third-order valence-corrected chi connectivity index (χ3v) is 4.15. The highest BCUT2D eigenvalue weighted by Gasteiger charge is 2.15. The summed E-state index contributed by atoms with van der Waals surface area (Å²) in [6, 6.07) is 4.27. The number of carbonyl (C=O) groups is 1. The van der Waals surface area contributed by atoms with E-state index in [9.17, 15) is 4.79 Å². The summed E-state index contributed by atoms with van der Waals surface area (Å²) >= 11 is 1.43. The Balaban J connectivity index is 2.31. The van der Waals surface area contributed by atoms with Crippen LogP contribution in [-0.4, -0.2) is 10.8 Å². The number of hydrogen-bond acceptors (Lipinski definition) is 3. The Morgan fingerprint density at radius 2 is 1.78 bits per heavy atom. The molecule has 0 N–H and O–H groups in total. The number of thiazole rings is 1. The van der Waals surface area contributed by atoms with Gasteiger partial charge in [0.25, 0.3) is 0 Å². The normalized spacial score (nSPS) is 10.7. The first-order valence-electron chi connectivity index (χ1n) is 5.99. The van der Waals surface area contributed by atoms with Crippen molar-refractivity contribution in [2.45, 2.75) is 34.1 Å². The van der Waals surface area contributed by atoms with Gasteiger partial charge in [0.05, 0.1) is 16.1 Å². The van der Waals surface area contributed by atoms with Gasteiger partial charge in [-0.2, -0.15) is 0 Å². The summed E-state index contributed by atoms with van der Waals surface area (Å²) in [5, 5.41) is 0. The lowest BCUT2D eigenvalue weighted by Crippen LogP contribution is -2.06. The minimum absolute atomic E-state index is 0.171. The summed E-state index contributed by atoms with van der Waals surface area (Å²) in [6.07, 6.45) is 0.473. The molecule has 0 amide bonds. The lowest BCUT2D eigenvalue weighted by Gasteiger charge is -2.10. The fourth-order valence-electron chi connectivity index (χ4n) is 2.30. The van der Waals surface area contributed by atoms with Crippen LogP contribution in [0.1, 0.15) is 37.6 Å². The molecule has 0 aliphatic rings. The predicted molar refractivity (Wildman–Crippen MR) is 75.5 cm³/mol. The van der Waals surface area contributed by atoms with E-state index in [2.05, 4.69) is 37.9 Å². The second-order valence-corrected chi connectivity index (χ2v) is 5.60. The highest BCUT2D eigenvalue weighted by atomic mass is 32.1. The summed E-state index contributed by atoms with van der Waals surface area (Å²) in [7, 11) is 0. The summed E-state index contributed by atoms with van der Waals surface area (Å²) in [4.78, 5) is 17.2. The van der Waals surface area contributed by atoms with Gasteiger partial charge < -0.3 is 0 Å². The SMILES string of the molecule is Cc1cc(C)c(CC(=O)c2scnc2C)c(C)c1. The van der Waals surface area contributed by atoms with Gasteiger partial charge in [-0.1, -0.05) is 17.7 Å². The zero-order chi connectivity index (χ0) is 13.3. The summed E-state index contributed by atoms with van der Waals surface area (Å²) in [6.45, 7) is 8.11. The third-order valence-electron chi connectivity index (χ3n) is 3.18. The number of rotatable bonds is 3. The van der Waals surface area contributed by atoms with Crippen LogP contribution >= 0.6 is 11.3 Å². The average Bonchev–Trinajstić information content (AvgIpc) is 2.69. The highest BCUT2D eigenvalue weighted by Crippen LogP contribution is 2.21. The molecule has 0 fully saturated rings. The van der Waals surface area contributed by atoms with E-state index in [1.807, 2.05) is 6.92 Å². The number of carbonyl (C=O) groups excluding carboxylic acids is 1. The Labute approximate surface area is 112 Å². The Morgan fingerprint density at radius 1 is 1.17 bits per heavy atom. The standard InChI is InChI=1S/C15H17NOS/c1-9-5-10(2)13(11(3)6-9)7-14(17)15-12(4)16-8-18-15/h5-6,8H,7H2,1-4H3. The molecule has 0 aliphatic carbocycles.